The SMILES string of the molecule is CCC(C)NC(=O)c1ccc(CNC(=NC)N2CCOC(c3ccccc3C)C2)cc1.I. The Balaban J connectivity index is 0.00000363. The van der Waals surface area contributed by atoms with Crippen molar-refractivity contribution in [3.63, 3.8) is 0 Å². The molecule has 0 spiro atoms. The molecular weight excluding hydrogens is 515 g/mol. The molecule has 1 heterocycles. The predicted molar refractivity (Wildman–Crippen MR) is 141 cm³/mol. The van der Waals surface area contributed by atoms with Gasteiger partial charge in [0, 0.05) is 31.7 Å². The number of rotatable bonds is 6. The average Bonchev–Trinajstić information content (AvgIpc) is 2.80. The topological polar surface area (TPSA) is 66.0 Å². The summed E-state index contributed by atoms with van der Waals surface area (Å²) in [5.41, 5.74) is 4.26. The van der Waals surface area contributed by atoms with Gasteiger partial charge in [0.1, 0.15) is 6.10 Å². The van der Waals surface area contributed by atoms with Gasteiger partial charge in [0.2, 0.25) is 0 Å². The summed E-state index contributed by atoms with van der Waals surface area (Å²) in [6, 6.07) is 16.3. The fourth-order valence-corrected chi connectivity index (χ4v) is 3.67. The number of carbonyl (C=O) groups excluding carboxylic acids is 1. The molecular formula is C25H35IN4O2. The van der Waals surface area contributed by atoms with Gasteiger partial charge in [0.25, 0.3) is 5.91 Å². The van der Waals surface area contributed by atoms with Gasteiger partial charge in [-0.25, -0.2) is 0 Å². The number of hydrogen-bond acceptors (Lipinski definition) is 3. The molecule has 0 bridgehead atoms. The van der Waals surface area contributed by atoms with Gasteiger partial charge in [-0.15, -0.1) is 24.0 Å². The van der Waals surface area contributed by atoms with Crippen molar-refractivity contribution in [2.75, 3.05) is 26.7 Å². The van der Waals surface area contributed by atoms with E-state index in [1.54, 1.807) is 0 Å². The van der Waals surface area contributed by atoms with Crippen molar-refractivity contribution in [3.05, 3.63) is 70.8 Å². The van der Waals surface area contributed by atoms with E-state index in [1.807, 2.05) is 38.2 Å². The summed E-state index contributed by atoms with van der Waals surface area (Å²) >= 11 is 0. The van der Waals surface area contributed by atoms with Crippen LogP contribution in [0.25, 0.3) is 0 Å². The number of hydrogen-bond donors (Lipinski definition) is 2. The molecule has 1 fully saturated rings. The third kappa shape index (κ3) is 6.93. The first kappa shape index (κ1) is 26.1. The van der Waals surface area contributed by atoms with Crippen molar-refractivity contribution in [1.29, 1.82) is 0 Å². The van der Waals surface area contributed by atoms with Crippen LogP contribution in [0.15, 0.2) is 53.5 Å². The number of aryl methyl sites for hydroxylation is 1. The Hall–Kier alpha value is -2.13. The number of benzene rings is 2. The fourth-order valence-electron chi connectivity index (χ4n) is 3.67. The number of carbonyl (C=O) groups is 1. The zero-order valence-electron chi connectivity index (χ0n) is 19.4. The molecule has 32 heavy (non-hydrogen) atoms. The highest BCUT2D eigenvalue weighted by Gasteiger charge is 2.25. The van der Waals surface area contributed by atoms with Gasteiger partial charge >= 0.3 is 0 Å². The van der Waals surface area contributed by atoms with Crippen LogP contribution in [-0.4, -0.2) is 49.6 Å². The summed E-state index contributed by atoms with van der Waals surface area (Å²) in [5, 5.41) is 6.45. The van der Waals surface area contributed by atoms with Crippen LogP contribution in [-0.2, 0) is 11.3 Å². The first-order valence-corrected chi connectivity index (χ1v) is 11.0. The van der Waals surface area contributed by atoms with Crippen LogP contribution in [0.2, 0.25) is 0 Å². The second-order valence-corrected chi connectivity index (χ2v) is 8.04. The molecule has 174 valence electrons. The lowest BCUT2D eigenvalue weighted by atomic mass is 10.0. The molecule has 0 aliphatic carbocycles. The van der Waals surface area contributed by atoms with E-state index in [1.165, 1.54) is 11.1 Å². The molecule has 0 saturated carbocycles. The predicted octanol–water partition coefficient (Wildman–Crippen LogP) is 4.29. The molecule has 1 amide bonds. The van der Waals surface area contributed by atoms with Gasteiger partial charge in [-0.3, -0.25) is 9.79 Å². The molecule has 2 N–H and O–H groups in total. The van der Waals surface area contributed by atoms with E-state index in [4.69, 9.17) is 4.74 Å². The van der Waals surface area contributed by atoms with E-state index in [-0.39, 0.29) is 42.0 Å². The number of nitrogens with one attached hydrogen (secondary N) is 2. The molecule has 3 rings (SSSR count). The molecule has 0 radical (unpaired) electrons. The number of guanidine groups is 1. The minimum Gasteiger partial charge on any atom is -0.370 e. The van der Waals surface area contributed by atoms with E-state index in [0.29, 0.717) is 18.7 Å². The molecule has 6 nitrogen and oxygen atoms in total. The van der Waals surface area contributed by atoms with E-state index in [9.17, 15) is 4.79 Å². The monoisotopic (exact) mass is 550 g/mol. The fraction of sp³-hybridized carbons (Fsp3) is 0.440. The standard InChI is InChI=1S/C25H34N4O2.HI/c1-5-19(3)28-24(30)21-12-10-20(11-13-21)16-27-25(26-4)29-14-15-31-23(17-29)22-9-7-6-8-18(22)2;/h6-13,19,23H,5,14-17H2,1-4H3,(H,26,27)(H,28,30);1H. The highest BCUT2D eigenvalue weighted by molar-refractivity contribution is 14.0. The van der Waals surface area contributed by atoms with E-state index >= 15 is 0 Å². The molecule has 2 atom stereocenters. The third-order valence-corrected chi connectivity index (χ3v) is 5.77. The second-order valence-electron chi connectivity index (χ2n) is 8.04. The summed E-state index contributed by atoms with van der Waals surface area (Å²) in [6.07, 6.45) is 0.954. The van der Waals surface area contributed by atoms with Crippen molar-refractivity contribution in [3.8, 4) is 0 Å². The highest BCUT2D eigenvalue weighted by Crippen LogP contribution is 2.25. The van der Waals surface area contributed by atoms with Crippen molar-refractivity contribution in [2.24, 2.45) is 4.99 Å². The minimum absolute atomic E-state index is 0. The summed E-state index contributed by atoms with van der Waals surface area (Å²) in [4.78, 5) is 19.0. The highest BCUT2D eigenvalue weighted by atomic mass is 127. The molecule has 2 aromatic carbocycles. The van der Waals surface area contributed by atoms with Crippen LogP contribution in [0.4, 0.5) is 0 Å². The molecule has 7 heteroatoms. The number of nitrogens with zero attached hydrogens (tertiary/aromatic N) is 2. The van der Waals surface area contributed by atoms with Crippen LogP contribution in [0, 0.1) is 6.92 Å². The first-order chi connectivity index (χ1) is 15.0. The van der Waals surface area contributed by atoms with Crippen LogP contribution in [0.5, 0.6) is 0 Å². The van der Waals surface area contributed by atoms with Crippen molar-refractivity contribution < 1.29 is 9.53 Å². The third-order valence-electron chi connectivity index (χ3n) is 5.77. The van der Waals surface area contributed by atoms with Gasteiger partial charge in [0.15, 0.2) is 5.96 Å². The maximum atomic E-state index is 12.3. The minimum atomic E-state index is -0.0276. The van der Waals surface area contributed by atoms with Gasteiger partial charge in [-0.1, -0.05) is 43.3 Å². The molecule has 1 aliphatic rings. The lowest BCUT2D eigenvalue weighted by molar-refractivity contribution is -0.00833. The normalized spacial score (nSPS) is 17.3. The van der Waals surface area contributed by atoms with E-state index < -0.39 is 0 Å². The summed E-state index contributed by atoms with van der Waals surface area (Å²) in [7, 11) is 1.81. The smallest absolute Gasteiger partial charge is 0.251 e. The van der Waals surface area contributed by atoms with Crippen molar-refractivity contribution in [2.45, 2.75) is 45.9 Å². The van der Waals surface area contributed by atoms with Crippen LogP contribution < -0.4 is 10.6 Å². The van der Waals surface area contributed by atoms with Gasteiger partial charge < -0.3 is 20.3 Å². The second kappa shape index (κ2) is 12.8. The Morgan fingerprint density at radius 1 is 1.22 bits per heavy atom. The number of halogens is 1. The van der Waals surface area contributed by atoms with Gasteiger partial charge in [-0.2, -0.15) is 0 Å². The van der Waals surface area contributed by atoms with E-state index in [2.05, 4.69) is 58.6 Å². The maximum Gasteiger partial charge on any atom is 0.251 e. The molecule has 0 aromatic heterocycles. The number of ether oxygens (including phenoxy) is 1. The lowest BCUT2D eigenvalue weighted by Crippen LogP contribution is -2.48. The molecule has 2 aromatic rings. The molecule has 1 saturated heterocycles. The summed E-state index contributed by atoms with van der Waals surface area (Å²) in [5.74, 6) is 0.834. The zero-order valence-corrected chi connectivity index (χ0v) is 21.8. The summed E-state index contributed by atoms with van der Waals surface area (Å²) < 4.78 is 6.04. The Bertz CT molecular complexity index is 901. The number of amides is 1. The number of morpholine rings is 1. The van der Waals surface area contributed by atoms with E-state index in [0.717, 1.165) is 31.0 Å². The Morgan fingerprint density at radius 2 is 1.94 bits per heavy atom. The van der Waals surface area contributed by atoms with Gasteiger partial charge in [0.05, 0.1) is 13.2 Å². The van der Waals surface area contributed by atoms with Gasteiger partial charge in [-0.05, 0) is 49.1 Å². The van der Waals surface area contributed by atoms with Crippen molar-refractivity contribution >= 4 is 35.8 Å². The Morgan fingerprint density at radius 3 is 2.59 bits per heavy atom. The maximum absolute atomic E-state index is 12.3. The lowest BCUT2D eigenvalue weighted by Gasteiger charge is -2.35. The zero-order chi connectivity index (χ0) is 22.2. The summed E-state index contributed by atoms with van der Waals surface area (Å²) in [6.45, 7) is 9.07. The first-order valence-electron chi connectivity index (χ1n) is 11.0. The Labute approximate surface area is 208 Å². The quantitative estimate of drug-likeness (QED) is 0.320. The van der Waals surface area contributed by atoms with Crippen LogP contribution >= 0.6 is 24.0 Å². The van der Waals surface area contributed by atoms with Crippen LogP contribution in [0.3, 0.4) is 0 Å². The molecule has 1 aliphatic heterocycles. The number of aliphatic imine (C=N–C) groups is 1. The molecule has 2 unspecified atom stereocenters. The Kier molecular flexibility index (Phi) is 10.4. The van der Waals surface area contributed by atoms with Crippen molar-refractivity contribution in [1.82, 2.24) is 15.5 Å². The average molecular weight is 550 g/mol. The van der Waals surface area contributed by atoms with Crippen LogP contribution in [0.1, 0.15) is 53.4 Å². The largest absolute Gasteiger partial charge is 0.370 e.